The van der Waals surface area contributed by atoms with Gasteiger partial charge in [0.15, 0.2) is 5.65 Å². The molecule has 4 rings (SSSR count). The van der Waals surface area contributed by atoms with Crippen LogP contribution >= 0.6 is 0 Å². The molecule has 9 heteroatoms. The Morgan fingerprint density at radius 1 is 1.11 bits per heavy atom. The fourth-order valence-electron chi connectivity index (χ4n) is 3.23. The highest BCUT2D eigenvalue weighted by Gasteiger charge is 2.21. The third-order valence-electron chi connectivity index (χ3n) is 4.76. The van der Waals surface area contributed by atoms with Crippen LogP contribution in [0, 0.1) is 5.82 Å². The fraction of sp³-hybridized carbons (Fsp3) is 0.389. The van der Waals surface area contributed by atoms with E-state index in [9.17, 15) is 4.39 Å². The van der Waals surface area contributed by atoms with E-state index in [-0.39, 0.29) is 12.4 Å². The van der Waals surface area contributed by atoms with Crippen LogP contribution < -0.4 is 10.2 Å². The molecule has 0 radical (unpaired) electrons. The highest BCUT2D eigenvalue weighted by Crippen LogP contribution is 2.26. The van der Waals surface area contributed by atoms with Gasteiger partial charge in [0.05, 0.1) is 18.2 Å². The molecule has 0 unspecified atom stereocenters. The van der Waals surface area contributed by atoms with E-state index < -0.39 is 0 Å². The Balaban J connectivity index is 1.64. The van der Waals surface area contributed by atoms with Gasteiger partial charge in [-0.2, -0.15) is 15.1 Å². The van der Waals surface area contributed by atoms with Crippen molar-refractivity contribution in [2.24, 2.45) is 7.05 Å². The number of piperazine rings is 1. The second-order valence-corrected chi connectivity index (χ2v) is 6.56. The number of hydrogen-bond donors (Lipinski definition) is 2. The number of nitrogens with zero attached hydrogens (tertiary/aromatic N) is 6. The number of aliphatic hydroxyl groups excluding tert-OH is 1. The number of aryl methyl sites for hydroxylation is 1. The van der Waals surface area contributed by atoms with Gasteiger partial charge in [0.25, 0.3) is 0 Å². The molecule has 1 fully saturated rings. The zero-order chi connectivity index (χ0) is 18.8. The van der Waals surface area contributed by atoms with Gasteiger partial charge in [-0.05, 0) is 24.3 Å². The first-order valence-corrected chi connectivity index (χ1v) is 8.94. The van der Waals surface area contributed by atoms with E-state index in [4.69, 9.17) is 15.1 Å². The van der Waals surface area contributed by atoms with E-state index in [2.05, 4.69) is 20.2 Å². The Hall–Kier alpha value is -2.78. The van der Waals surface area contributed by atoms with Crippen molar-refractivity contribution in [1.82, 2.24) is 24.6 Å². The molecule has 2 aromatic heterocycles. The summed E-state index contributed by atoms with van der Waals surface area (Å²) in [5.74, 6) is 1.00. The zero-order valence-electron chi connectivity index (χ0n) is 15.1. The smallest absolute Gasteiger partial charge is 0.229 e. The molecule has 0 amide bonds. The van der Waals surface area contributed by atoms with E-state index in [1.165, 1.54) is 12.1 Å². The van der Waals surface area contributed by atoms with Gasteiger partial charge in [0, 0.05) is 45.5 Å². The molecule has 8 nitrogen and oxygen atoms in total. The molecule has 1 saturated heterocycles. The fourth-order valence-corrected chi connectivity index (χ4v) is 3.23. The molecule has 2 N–H and O–H groups in total. The molecule has 3 aromatic rings. The molecule has 1 aliphatic heterocycles. The molecule has 0 aliphatic carbocycles. The van der Waals surface area contributed by atoms with Crippen LogP contribution in [0.15, 0.2) is 30.5 Å². The van der Waals surface area contributed by atoms with Gasteiger partial charge in [0.2, 0.25) is 5.95 Å². The molecule has 0 atom stereocenters. The van der Waals surface area contributed by atoms with Crippen molar-refractivity contribution in [3.63, 3.8) is 0 Å². The lowest BCUT2D eigenvalue weighted by Gasteiger charge is -2.34. The SMILES string of the molecule is Cn1ncc2c(Nc3ccc(F)cc3)nc(N3CCN(CCO)CC3)nc21. The number of benzene rings is 1. The maximum absolute atomic E-state index is 13.2. The Bertz CT molecular complexity index is 919. The Kier molecular flexibility index (Phi) is 4.87. The van der Waals surface area contributed by atoms with E-state index >= 15 is 0 Å². The number of anilines is 3. The van der Waals surface area contributed by atoms with Crippen LogP contribution in [-0.2, 0) is 7.05 Å². The van der Waals surface area contributed by atoms with Gasteiger partial charge in [-0.15, -0.1) is 0 Å². The number of aromatic nitrogens is 4. The minimum absolute atomic E-state index is 0.170. The molecular formula is C18H22FN7O. The number of aliphatic hydroxyl groups is 1. The molecular weight excluding hydrogens is 349 g/mol. The molecule has 142 valence electrons. The average molecular weight is 371 g/mol. The maximum Gasteiger partial charge on any atom is 0.229 e. The highest BCUT2D eigenvalue weighted by atomic mass is 19.1. The minimum Gasteiger partial charge on any atom is -0.395 e. The van der Waals surface area contributed by atoms with Gasteiger partial charge >= 0.3 is 0 Å². The lowest BCUT2D eigenvalue weighted by atomic mass is 10.3. The van der Waals surface area contributed by atoms with E-state index in [0.29, 0.717) is 18.3 Å². The van der Waals surface area contributed by atoms with Crippen LogP contribution in [-0.4, -0.2) is 69.1 Å². The highest BCUT2D eigenvalue weighted by molar-refractivity contribution is 5.89. The average Bonchev–Trinajstić information content (AvgIpc) is 3.06. The summed E-state index contributed by atoms with van der Waals surface area (Å²) in [7, 11) is 1.85. The topological polar surface area (TPSA) is 82.3 Å². The van der Waals surface area contributed by atoms with Crippen molar-refractivity contribution in [2.45, 2.75) is 0 Å². The summed E-state index contributed by atoms with van der Waals surface area (Å²) in [5, 5.41) is 17.5. The number of nitrogens with one attached hydrogen (secondary N) is 1. The number of fused-ring (bicyclic) bond motifs is 1. The Morgan fingerprint density at radius 3 is 2.56 bits per heavy atom. The monoisotopic (exact) mass is 371 g/mol. The standard InChI is InChI=1S/C18H22FN7O/c1-24-17-15(12-20-24)16(21-14-4-2-13(19)3-5-14)22-18(23-17)26-8-6-25(7-9-26)10-11-27/h2-5,12,27H,6-11H2,1H3,(H,21,22,23). The van der Waals surface area contributed by atoms with Gasteiger partial charge in [-0.3, -0.25) is 9.58 Å². The normalized spacial score (nSPS) is 15.4. The number of hydrogen-bond acceptors (Lipinski definition) is 7. The van der Waals surface area contributed by atoms with Crippen molar-refractivity contribution in [3.05, 3.63) is 36.3 Å². The lowest BCUT2D eigenvalue weighted by Crippen LogP contribution is -2.47. The number of β-amino-alcohol motifs (C(OH)–C–C–N with tert-alkyl or cyclic N) is 1. The summed E-state index contributed by atoms with van der Waals surface area (Å²) in [5.41, 5.74) is 1.49. The minimum atomic E-state index is -0.281. The van der Waals surface area contributed by atoms with Crippen LogP contribution in [0.5, 0.6) is 0 Å². The third-order valence-corrected chi connectivity index (χ3v) is 4.76. The van der Waals surface area contributed by atoms with Crippen LogP contribution in [0.4, 0.5) is 21.8 Å². The van der Waals surface area contributed by atoms with Crippen LogP contribution in [0.3, 0.4) is 0 Å². The van der Waals surface area contributed by atoms with E-state index in [0.717, 1.165) is 42.9 Å². The van der Waals surface area contributed by atoms with Crippen LogP contribution in [0.1, 0.15) is 0 Å². The molecule has 0 bridgehead atoms. The van der Waals surface area contributed by atoms with Crippen LogP contribution in [0.2, 0.25) is 0 Å². The predicted molar refractivity (Wildman–Crippen MR) is 102 cm³/mol. The first-order valence-electron chi connectivity index (χ1n) is 8.94. The second kappa shape index (κ2) is 7.45. The van der Waals surface area contributed by atoms with Gasteiger partial charge in [0.1, 0.15) is 11.6 Å². The zero-order valence-corrected chi connectivity index (χ0v) is 15.1. The quantitative estimate of drug-likeness (QED) is 0.701. The molecule has 0 spiro atoms. The largest absolute Gasteiger partial charge is 0.395 e. The first kappa shape index (κ1) is 17.6. The van der Waals surface area contributed by atoms with Crippen LogP contribution in [0.25, 0.3) is 11.0 Å². The first-order chi connectivity index (χ1) is 13.1. The Morgan fingerprint density at radius 2 is 1.85 bits per heavy atom. The summed E-state index contributed by atoms with van der Waals surface area (Å²) in [6.45, 7) is 4.15. The number of halogens is 1. The van der Waals surface area contributed by atoms with E-state index in [1.807, 2.05) is 7.05 Å². The predicted octanol–water partition coefficient (Wildman–Crippen LogP) is 1.36. The van der Waals surface area contributed by atoms with Crippen molar-refractivity contribution < 1.29 is 9.50 Å². The van der Waals surface area contributed by atoms with Gasteiger partial charge in [-0.25, -0.2) is 4.39 Å². The molecule has 3 heterocycles. The summed E-state index contributed by atoms with van der Waals surface area (Å²) in [4.78, 5) is 13.8. The third kappa shape index (κ3) is 3.69. The summed E-state index contributed by atoms with van der Waals surface area (Å²) in [6.07, 6.45) is 1.73. The van der Waals surface area contributed by atoms with Crippen molar-refractivity contribution in [1.29, 1.82) is 0 Å². The maximum atomic E-state index is 13.2. The van der Waals surface area contributed by atoms with Crippen molar-refractivity contribution in [2.75, 3.05) is 49.5 Å². The van der Waals surface area contributed by atoms with Crippen molar-refractivity contribution >= 4 is 28.5 Å². The summed E-state index contributed by atoms with van der Waals surface area (Å²) in [6, 6.07) is 6.16. The Labute approximate surface area is 156 Å². The summed E-state index contributed by atoms with van der Waals surface area (Å²) < 4.78 is 14.9. The molecule has 1 aromatic carbocycles. The second-order valence-electron chi connectivity index (χ2n) is 6.56. The molecule has 1 aliphatic rings. The lowest BCUT2D eigenvalue weighted by molar-refractivity contribution is 0.188. The number of rotatable bonds is 5. The van der Waals surface area contributed by atoms with Gasteiger partial charge in [-0.1, -0.05) is 0 Å². The molecule has 0 saturated carbocycles. The van der Waals surface area contributed by atoms with Crippen molar-refractivity contribution in [3.8, 4) is 0 Å². The van der Waals surface area contributed by atoms with E-state index in [1.54, 1.807) is 23.0 Å². The summed E-state index contributed by atoms with van der Waals surface area (Å²) >= 11 is 0. The molecule has 27 heavy (non-hydrogen) atoms. The van der Waals surface area contributed by atoms with Gasteiger partial charge < -0.3 is 15.3 Å².